The third kappa shape index (κ3) is 12.2. The molecule has 0 aromatic heterocycles. The van der Waals surface area contributed by atoms with E-state index in [1.54, 1.807) is 25.2 Å². The van der Waals surface area contributed by atoms with Gasteiger partial charge in [0, 0.05) is 38.1 Å². The summed E-state index contributed by atoms with van der Waals surface area (Å²) in [5, 5.41) is 3.40. The van der Waals surface area contributed by atoms with E-state index in [9.17, 15) is 4.79 Å². The first-order valence-corrected chi connectivity index (χ1v) is 15.7. The van der Waals surface area contributed by atoms with E-state index in [1.165, 1.54) is 25.6 Å². The Bertz CT molecular complexity index is 726. The molecule has 0 unspecified atom stereocenters. The Labute approximate surface area is 196 Å². The van der Waals surface area contributed by atoms with Crippen molar-refractivity contribution < 1.29 is 27.4 Å². The standard InChI is InChI=1S/C10H13Cl2O3PS.C5H12NO3PS2/c1-3-13-16(17,14-4-2)15-10-6-5-8(11)7-9(10)12;1-6-5(7)4-12-10(11,8-2)9-3/h5-7H,3-4H2,1-2H3;4H2,1-3H3,(H,6,7). The fourth-order valence-electron chi connectivity index (χ4n) is 1.47. The van der Waals surface area contributed by atoms with Crippen LogP contribution in [-0.4, -0.2) is 46.1 Å². The van der Waals surface area contributed by atoms with Crippen LogP contribution in [0, 0.1) is 0 Å². The average Bonchev–Trinajstić information content (AvgIpc) is 2.69. The molecule has 14 heteroatoms. The van der Waals surface area contributed by atoms with E-state index in [-0.39, 0.29) is 11.7 Å². The zero-order valence-corrected chi connectivity index (χ0v) is 22.4. The highest BCUT2D eigenvalue weighted by molar-refractivity contribution is 8.68. The van der Waals surface area contributed by atoms with Gasteiger partial charge in [0.1, 0.15) is 5.75 Å². The van der Waals surface area contributed by atoms with E-state index in [1.807, 2.05) is 13.8 Å². The first-order valence-electron chi connectivity index (χ1n) is 8.19. The molecule has 0 radical (unpaired) electrons. The van der Waals surface area contributed by atoms with Crippen LogP contribution in [0.1, 0.15) is 13.8 Å². The van der Waals surface area contributed by atoms with Crippen molar-refractivity contribution in [1.29, 1.82) is 0 Å². The zero-order valence-electron chi connectivity index (χ0n) is 16.7. The van der Waals surface area contributed by atoms with Crippen LogP contribution in [0.2, 0.25) is 10.0 Å². The van der Waals surface area contributed by atoms with Crippen LogP contribution in [0.15, 0.2) is 18.2 Å². The number of hydrogen-bond donors (Lipinski definition) is 1. The minimum absolute atomic E-state index is 0.0803. The number of benzene rings is 1. The van der Waals surface area contributed by atoms with Crippen LogP contribution in [0.5, 0.6) is 5.75 Å². The molecule has 0 heterocycles. The maximum absolute atomic E-state index is 10.8. The summed E-state index contributed by atoms with van der Waals surface area (Å²) in [4.78, 5) is 10.8. The molecule has 1 aromatic carbocycles. The number of nitrogens with one attached hydrogen (secondary N) is 1. The molecular formula is C15H25Cl2NO6P2S3. The highest BCUT2D eigenvalue weighted by atomic mass is 35.5. The molecule has 0 aliphatic heterocycles. The monoisotopic (exact) mass is 543 g/mol. The van der Waals surface area contributed by atoms with E-state index < -0.39 is 12.4 Å². The Balaban J connectivity index is 0.000000578. The smallest absolute Gasteiger partial charge is 0.380 e. The molecule has 1 rings (SSSR count). The molecule has 0 saturated heterocycles. The lowest BCUT2D eigenvalue weighted by atomic mass is 10.3. The van der Waals surface area contributed by atoms with Gasteiger partial charge in [0.15, 0.2) is 0 Å². The number of carbonyl (C=O) groups excluding carboxylic acids is 1. The lowest BCUT2D eigenvalue weighted by molar-refractivity contribution is -0.118. The van der Waals surface area contributed by atoms with Gasteiger partial charge in [-0.1, -0.05) is 34.6 Å². The lowest BCUT2D eigenvalue weighted by Crippen LogP contribution is -2.19. The van der Waals surface area contributed by atoms with Gasteiger partial charge in [-0.05, 0) is 43.9 Å². The topological polar surface area (TPSA) is 75.2 Å². The summed E-state index contributed by atoms with van der Waals surface area (Å²) in [6.45, 7) is 1.71. The predicted octanol–water partition coefficient (Wildman–Crippen LogP) is 5.65. The first-order chi connectivity index (χ1) is 13.6. The van der Waals surface area contributed by atoms with E-state index in [0.717, 1.165) is 0 Å². The third-order valence-corrected chi connectivity index (χ3v) is 11.4. The second-order valence-corrected chi connectivity index (χ2v) is 15.0. The van der Waals surface area contributed by atoms with Crippen LogP contribution in [-0.2, 0) is 46.5 Å². The molecule has 0 aliphatic carbocycles. The number of rotatable bonds is 11. The molecule has 0 aliphatic rings. The Morgan fingerprint density at radius 3 is 2.10 bits per heavy atom. The molecule has 0 spiro atoms. The maximum atomic E-state index is 10.8. The van der Waals surface area contributed by atoms with Gasteiger partial charge in [0.2, 0.25) is 11.6 Å². The molecule has 29 heavy (non-hydrogen) atoms. The number of carbonyl (C=O) groups is 1. The molecule has 0 atom stereocenters. The quantitative estimate of drug-likeness (QED) is 0.356. The highest BCUT2D eigenvalue weighted by Gasteiger charge is 2.22. The summed E-state index contributed by atoms with van der Waals surface area (Å²) >= 11 is 23.3. The molecule has 1 N–H and O–H groups in total. The third-order valence-electron chi connectivity index (χ3n) is 2.76. The van der Waals surface area contributed by atoms with Crippen molar-refractivity contribution in [2.75, 3.05) is 40.2 Å². The van der Waals surface area contributed by atoms with E-state index in [2.05, 4.69) is 5.32 Å². The molecular weight excluding hydrogens is 519 g/mol. The van der Waals surface area contributed by atoms with Crippen molar-refractivity contribution in [2.24, 2.45) is 0 Å². The molecule has 0 saturated carbocycles. The summed E-state index contributed by atoms with van der Waals surface area (Å²) in [6.07, 6.45) is 0. The molecule has 1 aromatic rings. The normalized spacial score (nSPS) is 11.4. The van der Waals surface area contributed by atoms with Gasteiger partial charge in [0.25, 0.3) is 0 Å². The van der Waals surface area contributed by atoms with Gasteiger partial charge in [0.05, 0.1) is 24.0 Å². The average molecular weight is 544 g/mol. The van der Waals surface area contributed by atoms with Gasteiger partial charge < -0.3 is 18.9 Å². The summed E-state index contributed by atoms with van der Waals surface area (Å²) in [5.41, 5.74) is -2.26. The van der Waals surface area contributed by atoms with E-state index in [0.29, 0.717) is 29.0 Å². The van der Waals surface area contributed by atoms with E-state index >= 15 is 0 Å². The minimum Gasteiger partial charge on any atom is -0.423 e. The Morgan fingerprint density at radius 1 is 1.14 bits per heavy atom. The second-order valence-electron chi connectivity index (χ2n) is 4.71. The van der Waals surface area contributed by atoms with Crippen molar-refractivity contribution >= 4 is 76.5 Å². The van der Waals surface area contributed by atoms with Crippen molar-refractivity contribution in [3.8, 4) is 5.75 Å². The molecule has 168 valence electrons. The number of amides is 1. The zero-order chi connectivity index (χ0) is 22.5. The number of halogens is 2. The maximum Gasteiger partial charge on any atom is 0.380 e. The van der Waals surface area contributed by atoms with Crippen LogP contribution in [0.25, 0.3) is 0 Å². The van der Waals surface area contributed by atoms with Crippen LogP contribution >= 0.6 is 47.0 Å². The van der Waals surface area contributed by atoms with Gasteiger partial charge in [-0.2, -0.15) is 0 Å². The summed E-state index contributed by atoms with van der Waals surface area (Å²) in [7, 11) is 4.55. The molecule has 0 fully saturated rings. The fraction of sp³-hybridized carbons (Fsp3) is 0.533. The van der Waals surface area contributed by atoms with Gasteiger partial charge in [-0.15, -0.1) is 0 Å². The Hall–Kier alpha value is 0.560. The predicted molar refractivity (Wildman–Crippen MR) is 129 cm³/mol. The van der Waals surface area contributed by atoms with Crippen molar-refractivity contribution in [3.05, 3.63) is 28.2 Å². The minimum atomic E-state index is -2.78. The van der Waals surface area contributed by atoms with Crippen LogP contribution < -0.4 is 9.84 Å². The fourth-order valence-corrected chi connectivity index (χ4v) is 6.76. The number of hydrogen-bond acceptors (Lipinski definition) is 9. The highest BCUT2D eigenvalue weighted by Crippen LogP contribution is 2.59. The molecule has 1 amide bonds. The Kier molecular flexibility index (Phi) is 15.7. The van der Waals surface area contributed by atoms with Gasteiger partial charge in [-0.3, -0.25) is 13.8 Å². The molecule has 7 nitrogen and oxygen atoms in total. The van der Waals surface area contributed by atoms with Gasteiger partial charge >= 0.3 is 6.72 Å². The van der Waals surface area contributed by atoms with Crippen molar-refractivity contribution in [3.63, 3.8) is 0 Å². The van der Waals surface area contributed by atoms with Crippen molar-refractivity contribution in [1.82, 2.24) is 5.32 Å². The largest absolute Gasteiger partial charge is 0.423 e. The summed E-state index contributed by atoms with van der Waals surface area (Å²) in [5.74, 6) is 0.611. The van der Waals surface area contributed by atoms with Crippen LogP contribution in [0.4, 0.5) is 0 Å². The first kappa shape index (κ1) is 29.6. The molecule has 0 bridgehead atoms. The SMILES string of the molecule is CCOP(=S)(OCC)Oc1ccc(Cl)cc1Cl.CNC(=O)CSP(=S)(OC)OC. The summed E-state index contributed by atoms with van der Waals surface area (Å²) < 4.78 is 26.2. The van der Waals surface area contributed by atoms with Gasteiger partial charge in [-0.25, -0.2) is 0 Å². The second kappa shape index (κ2) is 15.4. The Morgan fingerprint density at radius 2 is 1.69 bits per heavy atom. The van der Waals surface area contributed by atoms with Crippen LogP contribution in [0.3, 0.4) is 0 Å². The van der Waals surface area contributed by atoms with E-state index in [4.69, 9.17) is 69.4 Å². The lowest BCUT2D eigenvalue weighted by Gasteiger charge is -2.21. The van der Waals surface area contributed by atoms with Crippen molar-refractivity contribution in [2.45, 2.75) is 13.8 Å². The summed E-state index contributed by atoms with van der Waals surface area (Å²) in [6, 6.07) is 4.89.